The summed E-state index contributed by atoms with van der Waals surface area (Å²) in [7, 11) is 0. The fourth-order valence-electron chi connectivity index (χ4n) is 2.04. The first-order valence-electron chi connectivity index (χ1n) is 5.62. The van der Waals surface area contributed by atoms with Gasteiger partial charge in [0.25, 0.3) is 0 Å². The van der Waals surface area contributed by atoms with Gasteiger partial charge in [0.2, 0.25) is 5.91 Å². The van der Waals surface area contributed by atoms with Crippen molar-refractivity contribution < 1.29 is 14.7 Å². The van der Waals surface area contributed by atoms with Crippen LogP contribution < -0.4 is 0 Å². The van der Waals surface area contributed by atoms with Crippen molar-refractivity contribution in [2.45, 2.75) is 26.4 Å². The lowest BCUT2D eigenvalue weighted by Crippen LogP contribution is -2.27. The summed E-state index contributed by atoms with van der Waals surface area (Å²) in [6.07, 6.45) is 3.64. The Kier molecular flexibility index (Phi) is 3.12. The summed E-state index contributed by atoms with van der Waals surface area (Å²) >= 11 is 0. The Morgan fingerprint density at radius 3 is 3.00 bits per heavy atom. The van der Waals surface area contributed by atoms with Crippen LogP contribution in [0.15, 0.2) is 12.4 Å². The number of rotatable bonds is 4. The molecular formula is C11H15N3O3. The molecule has 1 fully saturated rings. The van der Waals surface area contributed by atoms with Crippen LogP contribution in [0.1, 0.15) is 19.2 Å². The molecule has 1 amide bonds. The van der Waals surface area contributed by atoms with E-state index in [9.17, 15) is 9.59 Å². The predicted molar refractivity (Wildman–Crippen MR) is 59.1 cm³/mol. The molecule has 0 spiro atoms. The Bertz CT molecular complexity index is 441. The molecule has 1 aliphatic heterocycles. The zero-order valence-electron chi connectivity index (χ0n) is 9.67. The number of amides is 1. The third-order valence-electron chi connectivity index (χ3n) is 3.04. The molecule has 6 nitrogen and oxygen atoms in total. The van der Waals surface area contributed by atoms with Gasteiger partial charge in [-0.1, -0.05) is 0 Å². The van der Waals surface area contributed by atoms with Crippen molar-refractivity contribution in [3.05, 3.63) is 18.2 Å². The van der Waals surface area contributed by atoms with Crippen LogP contribution in [-0.4, -0.2) is 38.0 Å². The highest BCUT2D eigenvalue weighted by Gasteiger charge is 2.34. The third-order valence-corrected chi connectivity index (χ3v) is 3.04. The van der Waals surface area contributed by atoms with Crippen molar-refractivity contribution in [1.29, 1.82) is 0 Å². The van der Waals surface area contributed by atoms with Crippen LogP contribution in [0.5, 0.6) is 0 Å². The van der Waals surface area contributed by atoms with Crippen molar-refractivity contribution >= 4 is 11.9 Å². The van der Waals surface area contributed by atoms with Gasteiger partial charge in [0, 0.05) is 31.9 Å². The second-order valence-electron chi connectivity index (χ2n) is 4.14. The number of aliphatic carboxylic acids is 1. The number of hydrogen-bond donors (Lipinski definition) is 1. The lowest BCUT2D eigenvalue weighted by atomic mass is 10.1. The Morgan fingerprint density at radius 1 is 1.65 bits per heavy atom. The quantitative estimate of drug-likeness (QED) is 0.819. The van der Waals surface area contributed by atoms with E-state index in [1.165, 1.54) is 0 Å². The number of carboxylic acids is 1. The Hall–Kier alpha value is -1.85. The first kappa shape index (κ1) is 11.6. The topological polar surface area (TPSA) is 75.4 Å². The van der Waals surface area contributed by atoms with Crippen LogP contribution in [0.2, 0.25) is 0 Å². The number of imidazole rings is 1. The van der Waals surface area contributed by atoms with Crippen molar-refractivity contribution in [2.75, 3.05) is 6.54 Å². The summed E-state index contributed by atoms with van der Waals surface area (Å²) in [4.78, 5) is 28.2. The van der Waals surface area contributed by atoms with Crippen molar-refractivity contribution in [3.63, 3.8) is 0 Å². The smallest absolute Gasteiger partial charge is 0.308 e. The summed E-state index contributed by atoms with van der Waals surface area (Å²) in [6.45, 7) is 3.46. The fraction of sp³-hybridized carbons (Fsp3) is 0.545. The van der Waals surface area contributed by atoms with Gasteiger partial charge in [-0.05, 0) is 6.92 Å². The molecule has 92 valence electrons. The summed E-state index contributed by atoms with van der Waals surface area (Å²) in [5, 5.41) is 8.88. The molecule has 6 heteroatoms. The molecule has 1 saturated heterocycles. The van der Waals surface area contributed by atoms with E-state index < -0.39 is 11.9 Å². The highest BCUT2D eigenvalue weighted by molar-refractivity contribution is 5.85. The molecule has 0 aromatic carbocycles. The predicted octanol–water partition coefficient (Wildman–Crippen LogP) is 0.336. The Morgan fingerprint density at radius 2 is 2.41 bits per heavy atom. The fourth-order valence-corrected chi connectivity index (χ4v) is 2.04. The number of carbonyl (C=O) groups is 2. The molecule has 1 aromatic rings. The van der Waals surface area contributed by atoms with Crippen LogP contribution in [0.4, 0.5) is 0 Å². The third kappa shape index (κ3) is 2.30. The molecule has 1 N–H and O–H groups in total. The normalized spacial score (nSPS) is 19.9. The van der Waals surface area contributed by atoms with Crippen LogP contribution in [0.3, 0.4) is 0 Å². The van der Waals surface area contributed by atoms with E-state index in [1.807, 2.05) is 17.7 Å². The Balaban J connectivity index is 2.05. The molecule has 1 aromatic heterocycles. The van der Waals surface area contributed by atoms with Crippen LogP contribution >= 0.6 is 0 Å². The zero-order chi connectivity index (χ0) is 12.4. The number of carboxylic acid groups (broad SMARTS) is 1. The number of likely N-dealkylation sites (tertiary alicyclic amines) is 1. The molecule has 2 rings (SSSR count). The SMILES string of the molecule is CCn1ccnc1CN1CC(C(=O)O)CC1=O. The van der Waals surface area contributed by atoms with Gasteiger partial charge in [0.05, 0.1) is 12.5 Å². The standard InChI is InChI=1S/C11H15N3O3/c1-2-13-4-3-12-9(13)7-14-6-8(11(16)17)5-10(14)15/h3-4,8H,2,5-7H2,1H3,(H,16,17). The number of hydrogen-bond acceptors (Lipinski definition) is 3. The molecule has 1 unspecified atom stereocenters. The monoisotopic (exact) mass is 237 g/mol. The van der Waals surface area contributed by atoms with E-state index >= 15 is 0 Å². The number of carbonyl (C=O) groups excluding carboxylic acids is 1. The minimum Gasteiger partial charge on any atom is -0.481 e. The van der Waals surface area contributed by atoms with E-state index in [1.54, 1.807) is 11.1 Å². The van der Waals surface area contributed by atoms with Gasteiger partial charge < -0.3 is 14.6 Å². The minimum absolute atomic E-state index is 0.0994. The highest BCUT2D eigenvalue weighted by atomic mass is 16.4. The van der Waals surface area contributed by atoms with Gasteiger partial charge in [0.1, 0.15) is 5.82 Å². The summed E-state index contributed by atoms with van der Waals surface area (Å²) in [5.74, 6) is -0.790. The number of nitrogens with zero attached hydrogens (tertiary/aromatic N) is 3. The van der Waals surface area contributed by atoms with Gasteiger partial charge in [-0.25, -0.2) is 4.98 Å². The number of aryl methyl sites for hydroxylation is 1. The van der Waals surface area contributed by atoms with Crippen molar-refractivity contribution in [1.82, 2.24) is 14.5 Å². The summed E-state index contributed by atoms with van der Waals surface area (Å²) in [5.41, 5.74) is 0. The second kappa shape index (κ2) is 4.57. The first-order valence-corrected chi connectivity index (χ1v) is 5.62. The van der Waals surface area contributed by atoms with Crippen LogP contribution in [0, 0.1) is 5.92 Å². The van der Waals surface area contributed by atoms with E-state index in [2.05, 4.69) is 4.98 Å². The second-order valence-corrected chi connectivity index (χ2v) is 4.14. The maximum absolute atomic E-state index is 11.6. The maximum Gasteiger partial charge on any atom is 0.308 e. The average Bonchev–Trinajstić information content (AvgIpc) is 2.87. The zero-order valence-corrected chi connectivity index (χ0v) is 9.67. The van der Waals surface area contributed by atoms with E-state index in [4.69, 9.17) is 5.11 Å². The van der Waals surface area contributed by atoms with E-state index in [0.29, 0.717) is 6.54 Å². The minimum atomic E-state index is -0.903. The van der Waals surface area contributed by atoms with Gasteiger partial charge in [0.15, 0.2) is 0 Å². The number of aromatic nitrogens is 2. The van der Waals surface area contributed by atoms with Gasteiger partial charge in [-0.3, -0.25) is 9.59 Å². The Labute approximate surface area is 98.9 Å². The maximum atomic E-state index is 11.6. The van der Waals surface area contributed by atoms with Gasteiger partial charge in [-0.15, -0.1) is 0 Å². The van der Waals surface area contributed by atoms with Crippen LogP contribution in [-0.2, 0) is 22.7 Å². The lowest BCUT2D eigenvalue weighted by Gasteiger charge is -2.16. The molecule has 0 radical (unpaired) electrons. The van der Waals surface area contributed by atoms with Crippen LogP contribution in [0.25, 0.3) is 0 Å². The molecule has 1 aliphatic rings. The molecule has 1 atom stereocenters. The molecule has 2 heterocycles. The largest absolute Gasteiger partial charge is 0.481 e. The van der Waals surface area contributed by atoms with E-state index in [-0.39, 0.29) is 18.9 Å². The van der Waals surface area contributed by atoms with Gasteiger partial charge in [-0.2, -0.15) is 0 Å². The first-order chi connectivity index (χ1) is 8.11. The lowest BCUT2D eigenvalue weighted by molar-refractivity contribution is -0.141. The van der Waals surface area contributed by atoms with Gasteiger partial charge >= 0.3 is 5.97 Å². The molecule has 0 saturated carbocycles. The molecule has 17 heavy (non-hydrogen) atoms. The van der Waals surface area contributed by atoms with E-state index in [0.717, 1.165) is 12.4 Å². The van der Waals surface area contributed by atoms with Crippen molar-refractivity contribution in [3.8, 4) is 0 Å². The van der Waals surface area contributed by atoms with Crippen molar-refractivity contribution in [2.24, 2.45) is 5.92 Å². The average molecular weight is 237 g/mol. The molecule has 0 bridgehead atoms. The molecule has 0 aliphatic carbocycles. The molecular weight excluding hydrogens is 222 g/mol. The summed E-state index contributed by atoms with van der Waals surface area (Å²) < 4.78 is 1.95. The summed E-state index contributed by atoms with van der Waals surface area (Å²) in [6, 6.07) is 0. The highest BCUT2D eigenvalue weighted by Crippen LogP contribution is 2.19.